The molecule has 0 aromatic rings. The topological polar surface area (TPSA) is 3.24 Å². The fraction of sp³-hybridized carbons (Fsp3) is 0.611. The molecule has 0 aromatic heterocycles. The van der Waals surface area contributed by atoms with Gasteiger partial charge < -0.3 is 0 Å². The van der Waals surface area contributed by atoms with E-state index in [0.717, 1.165) is 19.0 Å². The second-order valence-corrected chi connectivity index (χ2v) is 5.44. The van der Waals surface area contributed by atoms with Crippen LogP contribution in [-0.4, -0.2) is 24.5 Å². The van der Waals surface area contributed by atoms with Crippen LogP contribution in [0.25, 0.3) is 0 Å². The van der Waals surface area contributed by atoms with Crippen molar-refractivity contribution < 1.29 is 0 Å². The molecule has 1 fully saturated rings. The monoisotopic (exact) mass is 259 g/mol. The molecule has 0 spiro atoms. The second-order valence-electron chi connectivity index (χ2n) is 5.44. The lowest BCUT2D eigenvalue weighted by Crippen LogP contribution is -2.35. The Hall–Kier alpha value is -1.04. The Bertz CT molecular complexity index is 363. The van der Waals surface area contributed by atoms with Gasteiger partial charge in [-0.15, -0.1) is 5.73 Å². The van der Waals surface area contributed by atoms with Gasteiger partial charge in [0.25, 0.3) is 0 Å². The van der Waals surface area contributed by atoms with Crippen molar-refractivity contribution in [2.75, 3.05) is 13.6 Å². The Morgan fingerprint density at radius 1 is 1.32 bits per heavy atom. The van der Waals surface area contributed by atoms with E-state index in [1.807, 2.05) is 6.08 Å². The molecule has 1 aliphatic rings. The fourth-order valence-corrected chi connectivity index (χ4v) is 2.91. The first-order valence-corrected chi connectivity index (χ1v) is 7.64. The van der Waals surface area contributed by atoms with Crippen LogP contribution in [0.15, 0.2) is 41.7 Å². The normalized spacial score (nSPS) is 18.5. The molecule has 0 radical (unpaired) electrons. The highest BCUT2D eigenvalue weighted by Gasteiger charge is 2.18. The van der Waals surface area contributed by atoms with E-state index in [0.29, 0.717) is 0 Å². The van der Waals surface area contributed by atoms with Gasteiger partial charge in [0.05, 0.1) is 0 Å². The molecule has 106 valence electrons. The van der Waals surface area contributed by atoms with Crippen molar-refractivity contribution in [3.63, 3.8) is 0 Å². The molecule has 19 heavy (non-hydrogen) atoms. The van der Waals surface area contributed by atoms with Crippen LogP contribution in [0.3, 0.4) is 0 Å². The molecule has 1 saturated carbocycles. The zero-order chi connectivity index (χ0) is 14.1. The van der Waals surface area contributed by atoms with Gasteiger partial charge in [0.2, 0.25) is 0 Å². The molecule has 0 atom stereocenters. The minimum absolute atomic E-state index is 0.764. The van der Waals surface area contributed by atoms with Crippen LogP contribution in [0.5, 0.6) is 0 Å². The minimum Gasteiger partial charge on any atom is -0.299 e. The number of hydrogen-bond acceptors (Lipinski definition) is 1. The Morgan fingerprint density at radius 2 is 2.00 bits per heavy atom. The number of hydrogen-bond donors (Lipinski definition) is 0. The second kappa shape index (κ2) is 8.96. The summed E-state index contributed by atoms with van der Waals surface area (Å²) in [7, 11) is 2.27. The van der Waals surface area contributed by atoms with Gasteiger partial charge in [0, 0.05) is 12.6 Å². The minimum atomic E-state index is 0.764. The predicted molar refractivity (Wildman–Crippen MR) is 85.3 cm³/mol. The van der Waals surface area contributed by atoms with Crippen molar-refractivity contribution in [2.24, 2.45) is 0 Å². The summed E-state index contributed by atoms with van der Waals surface area (Å²) < 4.78 is 0. The lowest BCUT2D eigenvalue weighted by molar-refractivity contribution is 0.206. The van der Waals surface area contributed by atoms with Crippen molar-refractivity contribution in [3.8, 4) is 0 Å². The third-order valence-corrected chi connectivity index (χ3v) is 4.01. The summed E-state index contributed by atoms with van der Waals surface area (Å²) in [5.41, 5.74) is 5.58. The molecular formula is C18H29N. The van der Waals surface area contributed by atoms with Gasteiger partial charge in [-0.05, 0) is 50.5 Å². The molecule has 0 aliphatic heterocycles. The molecule has 0 amide bonds. The van der Waals surface area contributed by atoms with Crippen molar-refractivity contribution >= 4 is 0 Å². The average molecular weight is 259 g/mol. The lowest BCUT2D eigenvalue weighted by atomic mass is 9.93. The molecule has 1 heteroatoms. The maximum Gasteiger partial charge on any atom is 0.0236 e. The SMILES string of the molecule is C=C=CC(=C/C)/C(=C\CC)CN(C)C1CCCCC1. The lowest BCUT2D eigenvalue weighted by Gasteiger charge is -2.32. The highest BCUT2D eigenvalue weighted by Crippen LogP contribution is 2.23. The van der Waals surface area contributed by atoms with Crippen LogP contribution < -0.4 is 0 Å². The van der Waals surface area contributed by atoms with Gasteiger partial charge in [-0.3, -0.25) is 4.90 Å². The quantitative estimate of drug-likeness (QED) is 0.485. The smallest absolute Gasteiger partial charge is 0.0236 e. The summed E-state index contributed by atoms with van der Waals surface area (Å²) in [5, 5.41) is 0. The van der Waals surface area contributed by atoms with E-state index in [9.17, 15) is 0 Å². The summed E-state index contributed by atoms with van der Waals surface area (Å²) >= 11 is 0. The maximum atomic E-state index is 3.70. The van der Waals surface area contributed by atoms with Crippen LogP contribution in [0.2, 0.25) is 0 Å². The van der Waals surface area contributed by atoms with E-state index in [1.54, 1.807) is 0 Å². The molecule has 0 saturated heterocycles. The highest BCUT2D eigenvalue weighted by molar-refractivity contribution is 5.40. The first kappa shape index (κ1) is 16.0. The van der Waals surface area contributed by atoms with E-state index in [2.05, 4.69) is 50.3 Å². The first-order chi connectivity index (χ1) is 9.22. The summed E-state index contributed by atoms with van der Waals surface area (Å²) in [6.07, 6.45) is 14.5. The third kappa shape index (κ3) is 5.22. The Morgan fingerprint density at radius 3 is 2.53 bits per heavy atom. The van der Waals surface area contributed by atoms with E-state index in [4.69, 9.17) is 0 Å². The third-order valence-electron chi connectivity index (χ3n) is 4.01. The summed E-state index contributed by atoms with van der Waals surface area (Å²) in [6.45, 7) is 9.03. The molecule has 1 nitrogen and oxygen atoms in total. The Balaban J connectivity index is 2.72. The Kier molecular flexibility index (Phi) is 7.55. The standard InChI is InChI=1S/C18H29N/c1-5-11-16(7-3)17(12-6-2)15-19(4)18-13-9-8-10-14-18/h7,11-12,18H,1,6,8-10,13-15H2,2-4H3/b16-7-,17-12-. The number of nitrogens with zero attached hydrogens (tertiary/aromatic N) is 1. The molecule has 0 N–H and O–H groups in total. The Labute approximate surface area is 119 Å². The van der Waals surface area contributed by atoms with Crippen LogP contribution in [0.4, 0.5) is 0 Å². The largest absolute Gasteiger partial charge is 0.299 e. The van der Waals surface area contributed by atoms with Crippen molar-refractivity contribution in [3.05, 3.63) is 41.7 Å². The summed E-state index contributed by atoms with van der Waals surface area (Å²) in [4.78, 5) is 2.53. The van der Waals surface area contributed by atoms with Crippen LogP contribution in [0, 0.1) is 0 Å². The van der Waals surface area contributed by atoms with E-state index < -0.39 is 0 Å². The van der Waals surface area contributed by atoms with Crippen LogP contribution >= 0.6 is 0 Å². The molecular weight excluding hydrogens is 230 g/mol. The molecule has 1 rings (SSSR count). The van der Waals surface area contributed by atoms with Crippen molar-refractivity contribution in [1.82, 2.24) is 4.90 Å². The van der Waals surface area contributed by atoms with Crippen molar-refractivity contribution in [2.45, 2.75) is 58.4 Å². The van der Waals surface area contributed by atoms with Gasteiger partial charge in [0.15, 0.2) is 0 Å². The number of allylic oxidation sites excluding steroid dienone is 3. The zero-order valence-electron chi connectivity index (χ0n) is 12.9. The predicted octanol–water partition coefficient (Wildman–Crippen LogP) is 4.87. The highest BCUT2D eigenvalue weighted by atomic mass is 15.1. The van der Waals surface area contributed by atoms with Gasteiger partial charge >= 0.3 is 0 Å². The van der Waals surface area contributed by atoms with Crippen molar-refractivity contribution in [1.29, 1.82) is 0 Å². The summed E-state index contributed by atoms with van der Waals surface area (Å²) in [6, 6.07) is 0.764. The maximum absolute atomic E-state index is 3.70. The average Bonchev–Trinajstić information content (AvgIpc) is 2.45. The van der Waals surface area contributed by atoms with Gasteiger partial charge in [-0.2, -0.15) is 0 Å². The number of likely N-dealkylation sites (N-methyl/N-ethyl adjacent to an activating group) is 1. The molecule has 0 aromatic carbocycles. The fourth-order valence-electron chi connectivity index (χ4n) is 2.91. The van der Waals surface area contributed by atoms with Crippen LogP contribution in [0.1, 0.15) is 52.4 Å². The first-order valence-electron chi connectivity index (χ1n) is 7.64. The van der Waals surface area contributed by atoms with E-state index in [-0.39, 0.29) is 0 Å². The van der Waals surface area contributed by atoms with E-state index in [1.165, 1.54) is 43.3 Å². The zero-order valence-corrected chi connectivity index (χ0v) is 12.9. The summed E-state index contributed by atoms with van der Waals surface area (Å²) in [5.74, 6) is 0. The van der Waals surface area contributed by atoms with Crippen LogP contribution in [-0.2, 0) is 0 Å². The molecule has 0 heterocycles. The molecule has 0 bridgehead atoms. The molecule has 1 aliphatic carbocycles. The van der Waals surface area contributed by atoms with Gasteiger partial charge in [-0.25, -0.2) is 0 Å². The molecule has 0 unspecified atom stereocenters. The van der Waals surface area contributed by atoms with Gasteiger partial charge in [-0.1, -0.05) is 44.9 Å². The number of rotatable bonds is 6. The van der Waals surface area contributed by atoms with E-state index >= 15 is 0 Å². The van der Waals surface area contributed by atoms with Gasteiger partial charge in [0.1, 0.15) is 0 Å².